The number of halogens is 3. The molecule has 0 aliphatic carbocycles. The van der Waals surface area contributed by atoms with E-state index in [4.69, 9.17) is 4.11 Å². The number of anilines is 4. The molecule has 15 heteroatoms. The van der Waals surface area contributed by atoms with Gasteiger partial charge in [0, 0.05) is 29.6 Å². The number of hydrogen-bond donors (Lipinski definition) is 3. The molecule has 3 N–H and O–H groups in total. The molecule has 0 spiro atoms. The highest BCUT2D eigenvalue weighted by Crippen LogP contribution is 2.28. The third kappa shape index (κ3) is 5.23. The lowest BCUT2D eigenvalue weighted by Gasteiger charge is -2.13. The van der Waals surface area contributed by atoms with Crippen molar-refractivity contribution in [3.63, 3.8) is 0 Å². The Morgan fingerprint density at radius 2 is 1.81 bits per heavy atom. The standard InChI is InChI=1S/C17H15F3N8O3S/c1-21-16(29)14-9(23-15-10(32(2,30)31)4-3-7-22-15)8-13(27-28-14)24-12-6-5-11(25-26-12)17(18,19)20/h3-8H,1-2H3,(H,21,29)(H2,22,23,24,26,27)/i1D3. The Balaban J connectivity index is 2.01. The van der Waals surface area contributed by atoms with E-state index in [0.717, 1.165) is 18.4 Å². The lowest BCUT2D eigenvalue weighted by atomic mass is 10.3. The molecule has 0 atom stereocenters. The molecule has 3 heterocycles. The molecule has 32 heavy (non-hydrogen) atoms. The third-order valence-corrected chi connectivity index (χ3v) is 4.89. The van der Waals surface area contributed by atoms with Crippen molar-refractivity contribution in [1.82, 2.24) is 30.7 Å². The highest BCUT2D eigenvalue weighted by atomic mass is 32.2. The quantitative estimate of drug-likeness (QED) is 0.486. The molecule has 0 unspecified atom stereocenters. The van der Waals surface area contributed by atoms with Gasteiger partial charge in [-0.3, -0.25) is 4.79 Å². The fourth-order valence-electron chi connectivity index (χ4n) is 2.37. The van der Waals surface area contributed by atoms with E-state index in [0.29, 0.717) is 6.07 Å². The normalized spacial score (nSPS) is 13.4. The second-order valence-corrected chi connectivity index (χ2v) is 8.10. The zero-order valence-corrected chi connectivity index (χ0v) is 16.8. The Kier molecular flexibility index (Phi) is 5.13. The van der Waals surface area contributed by atoms with E-state index in [1.807, 2.05) is 0 Å². The van der Waals surface area contributed by atoms with Crippen LogP contribution >= 0.6 is 0 Å². The van der Waals surface area contributed by atoms with Crippen LogP contribution in [0.2, 0.25) is 0 Å². The minimum absolute atomic E-state index is 0.149. The van der Waals surface area contributed by atoms with Crippen LogP contribution in [0.15, 0.2) is 41.4 Å². The second kappa shape index (κ2) is 8.70. The average Bonchev–Trinajstić information content (AvgIpc) is 2.72. The summed E-state index contributed by atoms with van der Waals surface area (Å²) in [6.07, 6.45) is -2.50. The van der Waals surface area contributed by atoms with E-state index >= 15 is 0 Å². The van der Waals surface area contributed by atoms with Crippen LogP contribution in [0, 0.1) is 0 Å². The second-order valence-electron chi connectivity index (χ2n) is 6.12. The molecular formula is C17H15F3N8O3S. The number of alkyl halides is 3. The molecule has 3 aromatic heterocycles. The first kappa shape index (κ1) is 18.9. The molecule has 0 bridgehead atoms. The van der Waals surface area contributed by atoms with Gasteiger partial charge in [-0.15, -0.1) is 20.4 Å². The molecule has 0 saturated carbocycles. The molecule has 0 fully saturated rings. The maximum Gasteiger partial charge on any atom is 0.435 e. The van der Waals surface area contributed by atoms with Crippen LogP contribution in [-0.4, -0.2) is 52.9 Å². The van der Waals surface area contributed by atoms with E-state index in [2.05, 4.69) is 36.0 Å². The Hall–Kier alpha value is -3.88. The van der Waals surface area contributed by atoms with Gasteiger partial charge in [0.2, 0.25) is 0 Å². The predicted octanol–water partition coefficient (Wildman–Crippen LogP) is 1.93. The van der Waals surface area contributed by atoms with Crippen molar-refractivity contribution in [2.24, 2.45) is 0 Å². The number of pyridine rings is 1. The Bertz CT molecular complexity index is 1350. The van der Waals surface area contributed by atoms with Crippen LogP contribution in [0.4, 0.5) is 36.3 Å². The lowest BCUT2D eigenvalue weighted by Crippen LogP contribution is -2.22. The SMILES string of the molecule is [2H]C([2H])([2H])NC(=O)c1nnc(Nc2ccc(C(F)(F)F)nn2)cc1Nc1ncccc1S(C)(=O)=O. The third-order valence-electron chi connectivity index (χ3n) is 3.76. The van der Waals surface area contributed by atoms with Gasteiger partial charge < -0.3 is 16.0 Å². The molecule has 1 amide bonds. The van der Waals surface area contributed by atoms with Crippen molar-refractivity contribution in [3.8, 4) is 0 Å². The molecule has 0 aliphatic heterocycles. The Morgan fingerprint density at radius 3 is 2.44 bits per heavy atom. The lowest BCUT2D eigenvalue weighted by molar-refractivity contribution is -0.141. The number of aromatic nitrogens is 5. The summed E-state index contributed by atoms with van der Waals surface area (Å²) in [5.74, 6) is -1.68. The van der Waals surface area contributed by atoms with Gasteiger partial charge in [-0.25, -0.2) is 13.4 Å². The van der Waals surface area contributed by atoms with Crippen molar-refractivity contribution in [2.45, 2.75) is 11.1 Å². The number of sulfone groups is 1. The van der Waals surface area contributed by atoms with Gasteiger partial charge in [-0.1, -0.05) is 0 Å². The summed E-state index contributed by atoms with van der Waals surface area (Å²) in [6, 6.07) is 5.39. The van der Waals surface area contributed by atoms with Crippen LogP contribution < -0.4 is 16.0 Å². The average molecular weight is 471 g/mol. The largest absolute Gasteiger partial charge is 0.435 e. The fourth-order valence-corrected chi connectivity index (χ4v) is 3.15. The van der Waals surface area contributed by atoms with Crippen molar-refractivity contribution in [2.75, 3.05) is 23.9 Å². The van der Waals surface area contributed by atoms with Gasteiger partial charge in [0.05, 0.1) is 5.69 Å². The number of nitrogens with one attached hydrogen (secondary N) is 3. The predicted molar refractivity (Wildman–Crippen MR) is 106 cm³/mol. The van der Waals surface area contributed by atoms with E-state index in [-0.39, 0.29) is 28.0 Å². The summed E-state index contributed by atoms with van der Waals surface area (Å²) in [5, 5.41) is 20.7. The van der Waals surface area contributed by atoms with Gasteiger partial charge in [0.1, 0.15) is 10.7 Å². The first-order chi connectivity index (χ1) is 16.1. The van der Waals surface area contributed by atoms with Crippen LogP contribution in [0.25, 0.3) is 0 Å². The molecule has 0 radical (unpaired) electrons. The molecular weight excluding hydrogens is 453 g/mol. The van der Waals surface area contributed by atoms with E-state index in [1.165, 1.54) is 18.3 Å². The highest BCUT2D eigenvalue weighted by Gasteiger charge is 2.32. The van der Waals surface area contributed by atoms with Gasteiger partial charge in [0.15, 0.2) is 32.9 Å². The topological polar surface area (TPSA) is 152 Å². The number of nitrogens with zero attached hydrogens (tertiary/aromatic N) is 5. The number of carbonyl (C=O) groups excluding carboxylic acids is 1. The van der Waals surface area contributed by atoms with E-state index in [9.17, 15) is 26.4 Å². The van der Waals surface area contributed by atoms with Crippen LogP contribution in [-0.2, 0) is 16.0 Å². The van der Waals surface area contributed by atoms with Gasteiger partial charge in [0.25, 0.3) is 5.91 Å². The molecule has 3 rings (SSSR count). The molecule has 0 aromatic carbocycles. The van der Waals surface area contributed by atoms with Crippen molar-refractivity contribution < 1.29 is 30.5 Å². The number of rotatable bonds is 6. The minimum Gasteiger partial charge on any atom is -0.354 e. The van der Waals surface area contributed by atoms with Crippen molar-refractivity contribution in [3.05, 3.63) is 47.9 Å². The Labute approximate surface area is 183 Å². The zero-order chi connectivity index (χ0) is 26.0. The Morgan fingerprint density at radius 1 is 1.06 bits per heavy atom. The summed E-state index contributed by atoms with van der Waals surface area (Å²) in [4.78, 5) is 16.1. The van der Waals surface area contributed by atoms with Crippen LogP contribution in [0.1, 0.15) is 20.3 Å². The summed E-state index contributed by atoms with van der Waals surface area (Å²) < 4.78 is 83.8. The summed E-state index contributed by atoms with van der Waals surface area (Å²) in [7, 11) is -3.77. The van der Waals surface area contributed by atoms with E-state index < -0.39 is 40.3 Å². The van der Waals surface area contributed by atoms with E-state index in [1.54, 1.807) is 5.32 Å². The first-order valence-electron chi connectivity index (χ1n) is 9.94. The van der Waals surface area contributed by atoms with Gasteiger partial charge >= 0.3 is 6.18 Å². The smallest absolute Gasteiger partial charge is 0.354 e. The first-order valence-corrected chi connectivity index (χ1v) is 10.3. The number of amides is 1. The molecule has 0 saturated heterocycles. The maximum atomic E-state index is 12.7. The fraction of sp³-hybridized carbons (Fsp3) is 0.176. The minimum atomic E-state index is -4.69. The maximum absolute atomic E-state index is 12.7. The highest BCUT2D eigenvalue weighted by molar-refractivity contribution is 7.90. The summed E-state index contributed by atoms with van der Waals surface area (Å²) in [6.45, 7) is -2.87. The summed E-state index contributed by atoms with van der Waals surface area (Å²) in [5.41, 5.74) is -1.97. The van der Waals surface area contributed by atoms with Crippen LogP contribution in [0.3, 0.4) is 0 Å². The molecule has 168 valence electrons. The molecule has 11 nitrogen and oxygen atoms in total. The van der Waals surface area contributed by atoms with Crippen molar-refractivity contribution >= 4 is 38.9 Å². The van der Waals surface area contributed by atoms with Crippen molar-refractivity contribution in [1.29, 1.82) is 0 Å². The molecule has 0 aliphatic rings. The zero-order valence-electron chi connectivity index (χ0n) is 19.0. The van der Waals surface area contributed by atoms with Crippen LogP contribution in [0.5, 0.6) is 0 Å². The number of hydrogen-bond acceptors (Lipinski definition) is 10. The summed E-state index contributed by atoms with van der Waals surface area (Å²) >= 11 is 0. The monoisotopic (exact) mass is 471 g/mol. The van der Waals surface area contributed by atoms with Gasteiger partial charge in [-0.2, -0.15) is 13.2 Å². The molecule has 3 aromatic rings. The number of carbonyl (C=O) groups is 1. The van der Waals surface area contributed by atoms with Gasteiger partial charge in [-0.05, 0) is 24.3 Å².